The van der Waals surface area contributed by atoms with Crippen LogP contribution < -0.4 is 11.5 Å². The molecule has 4 N–H and O–H groups in total. The quantitative estimate of drug-likeness (QED) is 0.251. The number of hydrogen-bond donors (Lipinski definition) is 2. The zero-order valence-corrected chi connectivity index (χ0v) is 27.9. The molecular formula is C31H41BBr2N2O4. The maximum atomic E-state index is 6.18. The van der Waals surface area contributed by atoms with Gasteiger partial charge in [-0.3, -0.25) is 0 Å². The SMILES string of the molecule is C=C(C)B1OC(C)(C)C(C)(C)O1.C=C(C)c1cc2c(c(C(=C)C)c1N)COC2.Nc1c(Br)cc2c(c1Br)COC2. The van der Waals surface area contributed by atoms with Crippen LogP contribution in [0.25, 0.3) is 11.1 Å². The molecule has 0 aliphatic carbocycles. The topological polar surface area (TPSA) is 89.0 Å². The molecule has 3 aliphatic rings. The smallest absolute Gasteiger partial charge is 0.400 e. The van der Waals surface area contributed by atoms with Crippen LogP contribution in [0.5, 0.6) is 0 Å². The third-order valence-corrected chi connectivity index (χ3v) is 9.13. The van der Waals surface area contributed by atoms with Gasteiger partial charge in [-0.15, -0.1) is 6.58 Å². The van der Waals surface area contributed by atoms with Crippen molar-refractivity contribution in [1.29, 1.82) is 0 Å². The largest absolute Gasteiger partial charge is 0.489 e. The Hall–Kier alpha value is -1.88. The Morgan fingerprint density at radius 3 is 1.73 bits per heavy atom. The number of ether oxygens (including phenoxy) is 2. The van der Waals surface area contributed by atoms with E-state index in [1.54, 1.807) is 0 Å². The van der Waals surface area contributed by atoms with Gasteiger partial charge in [-0.1, -0.05) is 18.6 Å². The summed E-state index contributed by atoms with van der Waals surface area (Å²) in [4.78, 5) is 0. The van der Waals surface area contributed by atoms with Gasteiger partial charge in [0.15, 0.2) is 0 Å². The van der Waals surface area contributed by atoms with Crippen molar-refractivity contribution in [2.45, 2.75) is 86.1 Å². The normalized spacial score (nSPS) is 17.7. The first-order valence-electron chi connectivity index (χ1n) is 13.2. The molecule has 3 aliphatic heterocycles. The van der Waals surface area contributed by atoms with Crippen LogP contribution in [-0.2, 0) is 45.2 Å². The van der Waals surface area contributed by atoms with E-state index in [4.69, 9.17) is 30.2 Å². The van der Waals surface area contributed by atoms with Gasteiger partial charge >= 0.3 is 7.12 Å². The molecule has 216 valence electrons. The molecule has 0 atom stereocenters. The van der Waals surface area contributed by atoms with E-state index in [0.717, 1.165) is 48.1 Å². The van der Waals surface area contributed by atoms with Crippen LogP contribution in [0.1, 0.15) is 81.8 Å². The first-order valence-corrected chi connectivity index (χ1v) is 14.7. The van der Waals surface area contributed by atoms with Gasteiger partial charge in [-0.05, 0) is 126 Å². The molecule has 2 aromatic carbocycles. The summed E-state index contributed by atoms with van der Waals surface area (Å²) in [6.07, 6.45) is 0. The van der Waals surface area contributed by atoms with Gasteiger partial charge in [0.2, 0.25) is 0 Å². The third-order valence-electron chi connectivity index (χ3n) is 7.56. The Bertz CT molecular complexity index is 1340. The number of anilines is 2. The fourth-order valence-electron chi connectivity index (χ4n) is 4.51. The molecule has 0 bridgehead atoms. The van der Waals surface area contributed by atoms with E-state index in [-0.39, 0.29) is 18.3 Å². The lowest BCUT2D eigenvalue weighted by Gasteiger charge is -2.32. The summed E-state index contributed by atoms with van der Waals surface area (Å²) in [5.74, 6) is 0. The summed E-state index contributed by atoms with van der Waals surface area (Å²) in [5, 5.41) is 0. The van der Waals surface area contributed by atoms with Gasteiger partial charge in [0.1, 0.15) is 0 Å². The molecular weight excluding hydrogens is 635 g/mol. The zero-order chi connectivity index (χ0) is 30.2. The molecule has 5 rings (SSSR count). The van der Waals surface area contributed by atoms with Crippen LogP contribution >= 0.6 is 31.9 Å². The summed E-state index contributed by atoms with van der Waals surface area (Å²) < 4.78 is 24.1. The van der Waals surface area contributed by atoms with Crippen LogP contribution in [0.3, 0.4) is 0 Å². The fraction of sp³-hybridized carbons (Fsp3) is 0.419. The maximum Gasteiger partial charge on any atom is 0.489 e. The van der Waals surface area contributed by atoms with Crippen LogP contribution in [0, 0.1) is 0 Å². The summed E-state index contributed by atoms with van der Waals surface area (Å²) in [5.41, 5.74) is 22.8. The van der Waals surface area contributed by atoms with E-state index in [9.17, 15) is 0 Å². The molecule has 0 aromatic heterocycles. The molecule has 2 aromatic rings. The number of hydrogen-bond acceptors (Lipinski definition) is 6. The minimum absolute atomic E-state index is 0.239. The summed E-state index contributed by atoms with van der Waals surface area (Å²) in [6, 6.07) is 4.11. The summed E-state index contributed by atoms with van der Waals surface area (Å²) >= 11 is 6.84. The van der Waals surface area contributed by atoms with Gasteiger partial charge in [-0.25, -0.2) is 0 Å². The van der Waals surface area contributed by atoms with Crippen LogP contribution in [0.15, 0.2) is 46.3 Å². The second-order valence-corrected chi connectivity index (χ2v) is 13.2. The van der Waals surface area contributed by atoms with Crippen LogP contribution in [0.2, 0.25) is 0 Å². The lowest BCUT2D eigenvalue weighted by atomic mass is 9.81. The van der Waals surface area contributed by atoms with Crippen molar-refractivity contribution in [2.75, 3.05) is 11.5 Å². The second kappa shape index (κ2) is 12.6. The van der Waals surface area contributed by atoms with E-state index < -0.39 is 0 Å². The minimum Gasteiger partial charge on any atom is -0.400 e. The third kappa shape index (κ3) is 6.77. The molecule has 0 saturated carbocycles. The van der Waals surface area contributed by atoms with E-state index in [2.05, 4.69) is 57.7 Å². The van der Waals surface area contributed by atoms with Gasteiger partial charge in [0.05, 0.1) is 43.3 Å². The fourth-order valence-corrected chi connectivity index (χ4v) is 5.84. The number of fused-ring (bicyclic) bond motifs is 2. The van der Waals surface area contributed by atoms with E-state index in [0.29, 0.717) is 26.4 Å². The number of halogens is 2. The average molecular weight is 676 g/mol. The minimum atomic E-state index is -0.241. The molecule has 1 fully saturated rings. The second-order valence-electron chi connectivity index (χ2n) is 11.6. The molecule has 1 saturated heterocycles. The van der Waals surface area contributed by atoms with Crippen molar-refractivity contribution in [3.8, 4) is 0 Å². The Kier molecular flexibility index (Phi) is 10.2. The molecule has 40 heavy (non-hydrogen) atoms. The van der Waals surface area contributed by atoms with Gasteiger partial charge < -0.3 is 30.2 Å². The maximum absolute atomic E-state index is 6.18. The van der Waals surface area contributed by atoms with Crippen molar-refractivity contribution in [2.24, 2.45) is 0 Å². The highest BCUT2D eigenvalue weighted by atomic mass is 79.9. The van der Waals surface area contributed by atoms with Crippen molar-refractivity contribution >= 4 is 61.5 Å². The lowest BCUT2D eigenvalue weighted by Crippen LogP contribution is -2.41. The molecule has 3 heterocycles. The lowest BCUT2D eigenvalue weighted by molar-refractivity contribution is 0.00578. The van der Waals surface area contributed by atoms with Gasteiger partial charge in [-0.2, -0.15) is 0 Å². The van der Waals surface area contributed by atoms with Crippen LogP contribution in [-0.4, -0.2) is 18.3 Å². The molecule has 0 spiro atoms. The summed E-state index contributed by atoms with van der Waals surface area (Å²) in [6.45, 7) is 28.4. The number of benzene rings is 2. The van der Waals surface area contributed by atoms with Gasteiger partial charge in [0, 0.05) is 25.8 Å². The molecule has 0 radical (unpaired) electrons. The first kappa shape index (κ1) is 32.6. The van der Waals surface area contributed by atoms with Crippen molar-refractivity contribution < 1.29 is 18.8 Å². The predicted octanol–water partition coefficient (Wildman–Crippen LogP) is 8.38. The average Bonchev–Trinajstić information content (AvgIpc) is 3.55. The predicted molar refractivity (Wildman–Crippen MR) is 174 cm³/mol. The van der Waals surface area contributed by atoms with Crippen molar-refractivity contribution in [3.05, 3.63) is 79.7 Å². The molecule has 0 unspecified atom stereocenters. The Balaban J connectivity index is 0.000000168. The van der Waals surface area contributed by atoms with Gasteiger partial charge in [0.25, 0.3) is 0 Å². The van der Waals surface area contributed by atoms with E-state index >= 15 is 0 Å². The van der Waals surface area contributed by atoms with Crippen molar-refractivity contribution in [1.82, 2.24) is 0 Å². The van der Waals surface area contributed by atoms with E-state index in [1.807, 2.05) is 54.5 Å². The highest BCUT2D eigenvalue weighted by Crippen LogP contribution is 2.39. The number of rotatable bonds is 3. The Morgan fingerprint density at radius 2 is 1.27 bits per heavy atom. The molecule has 0 amide bonds. The Labute approximate surface area is 256 Å². The Morgan fingerprint density at radius 1 is 0.775 bits per heavy atom. The number of nitrogen functional groups attached to an aromatic ring is 2. The molecule has 6 nitrogen and oxygen atoms in total. The number of nitrogens with two attached hydrogens (primary N) is 2. The summed E-state index contributed by atoms with van der Waals surface area (Å²) in [7, 11) is -0.241. The monoisotopic (exact) mass is 674 g/mol. The first-order chi connectivity index (χ1) is 18.5. The van der Waals surface area contributed by atoms with Crippen LogP contribution in [0.4, 0.5) is 11.4 Å². The number of allylic oxidation sites excluding steroid dienone is 3. The highest BCUT2D eigenvalue weighted by Gasteiger charge is 2.51. The standard InChI is InChI=1S/C14H17NO.C9H17BO2.C8H7Br2NO/c1-8(2)11-5-10-6-16-7-12(10)13(9(3)4)14(11)15;1-7(2)10-11-8(3,4)9(5,6)12-10;9-6-1-4-2-12-3-5(4)7(10)8(6)11/h5H,1,3,6-7,15H2,2,4H3;1H2,2-6H3;1H,2-3,11H2. The molecule has 9 heteroatoms. The van der Waals surface area contributed by atoms with E-state index in [1.165, 1.54) is 22.3 Å². The highest BCUT2D eigenvalue weighted by molar-refractivity contribution is 9.11. The van der Waals surface area contributed by atoms with Crippen molar-refractivity contribution in [3.63, 3.8) is 0 Å². The zero-order valence-electron chi connectivity index (χ0n) is 24.7.